The molecular formula is C23H20N2O5. The van der Waals surface area contributed by atoms with Gasteiger partial charge in [0.05, 0.1) is 17.9 Å². The van der Waals surface area contributed by atoms with Crippen molar-refractivity contribution in [2.75, 3.05) is 4.90 Å². The summed E-state index contributed by atoms with van der Waals surface area (Å²) in [5, 5.41) is 11.0. The molecule has 1 fully saturated rings. The lowest BCUT2D eigenvalue weighted by molar-refractivity contribution is -0.132. The molecule has 1 aliphatic heterocycles. The van der Waals surface area contributed by atoms with Gasteiger partial charge in [-0.1, -0.05) is 6.07 Å². The van der Waals surface area contributed by atoms with Gasteiger partial charge in [0.15, 0.2) is 0 Å². The number of nitrogens with zero attached hydrogens (tertiary/aromatic N) is 2. The maximum atomic E-state index is 12.9. The van der Waals surface area contributed by atoms with Crippen LogP contribution >= 0.6 is 0 Å². The van der Waals surface area contributed by atoms with Crippen LogP contribution in [0.4, 0.5) is 5.82 Å². The molecule has 1 aliphatic rings. The van der Waals surface area contributed by atoms with E-state index >= 15 is 0 Å². The molecule has 0 bridgehead atoms. The van der Waals surface area contributed by atoms with Crippen LogP contribution in [-0.2, 0) is 9.59 Å². The summed E-state index contributed by atoms with van der Waals surface area (Å²) in [6, 6.07) is 14.1. The number of aromatic nitrogens is 1. The number of aliphatic hydroxyl groups is 1. The lowest BCUT2D eigenvalue weighted by Crippen LogP contribution is -2.30. The van der Waals surface area contributed by atoms with E-state index in [-0.39, 0.29) is 17.4 Å². The van der Waals surface area contributed by atoms with E-state index in [0.29, 0.717) is 22.9 Å². The number of carbonyl (C=O) groups is 2. The Kier molecular flexibility index (Phi) is 5.10. The van der Waals surface area contributed by atoms with Crippen LogP contribution in [0.25, 0.3) is 5.76 Å². The summed E-state index contributed by atoms with van der Waals surface area (Å²) >= 11 is 0. The van der Waals surface area contributed by atoms with Gasteiger partial charge in [0.1, 0.15) is 29.1 Å². The molecular weight excluding hydrogens is 384 g/mol. The molecule has 1 aromatic carbocycles. The minimum absolute atomic E-state index is 0.00657. The lowest BCUT2D eigenvalue weighted by atomic mass is 9.99. The largest absolute Gasteiger partial charge is 0.507 e. The second-order valence-corrected chi connectivity index (χ2v) is 7.06. The van der Waals surface area contributed by atoms with Crippen molar-refractivity contribution in [1.29, 1.82) is 0 Å². The first-order chi connectivity index (χ1) is 14.5. The normalized spacial score (nSPS) is 18.2. The number of rotatable bonds is 5. The molecule has 7 heteroatoms. The van der Waals surface area contributed by atoms with Gasteiger partial charge in [-0.05, 0) is 62.4 Å². The smallest absolute Gasteiger partial charge is 0.301 e. The highest BCUT2D eigenvalue weighted by Gasteiger charge is 2.48. The van der Waals surface area contributed by atoms with Crippen molar-refractivity contribution in [3.63, 3.8) is 0 Å². The average Bonchev–Trinajstić information content (AvgIpc) is 3.35. The number of ether oxygens (including phenoxy) is 1. The Morgan fingerprint density at radius 2 is 1.87 bits per heavy atom. The van der Waals surface area contributed by atoms with Gasteiger partial charge in [0.2, 0.25) is 0 Å². The molecule has 4 rings (SSSR count). The molecule has 1 N–H and O–H groups in total. The number of amides is 1. The van der Waals surface area contributed by atoms with E-state index in [0.717, 1.165) is 0 Å². The number of benzene rings is 1. The summed E-state index contributed by atoms with van der Waals surface area (Å²) in [5.74, 6) is -0.595. The third-order valence-corrected chi connectivity index (χ3v) is 4.65. The fourth-order valence-electron chi connectivity index (χ4n) is 3.40. The van der Waals surface area contributed by atoms with E-state index in [1.54, 1.807) is 54.6 Å². The number of hydrogen-bond donors (Lipinski definition) is 1. The lowest BCUT2D eigenvalue weighted by Gasteiger charge is -2.22. The van der Waals surface area contributed by atoms with Gasteiger partial charge in [0, 0.05) is 11.8 Å². The molecule has 1 saturated heterocycles. The van der Waals surface area contributed by atoms with Crippen LogP contribution < -0.4 is 9.64 Å². The summed E-state index contributed by atoms with van der Waals surface area (Å²) in [5.41, 5.74) is 0.333. The predicted octanol–water partition coefficient (Wildman–Crippen LogP) is 4.09. The monoisotopic (exact) mass is 404 g/mol. The van der Waals surface area contributed by atoms with Crippen LogP contribution in [0, 0.1) is 0 Å². The highest BCUT2D eigenvalue weighted by atomic mass is 16.5. The van der Waals surface area contributed by atoms with E-state index in [9.17, 15) is 14.7 Å². The molecule has 0 saturated carbocycles. The van der Waals surface area contributed by atoms with Crippen molar-refractivity contribution >= 4 is 23.3 Å². The topological polar surface area (TPSA) is 92.9 Å². The zero-order chi connectivity index (χ0) is 21.3. The fourth-order valence-corrected chi connectivity index (χ4v) is 3.40. The second kappa shape index (κ2) is 7.87. The second-order valence-electron chi connectivity index (χ2n) is 7.06. The SMILES string of the molecule is CC(C)Oc1ccc(/C(O)=C2/C(=O)C(=O)N(c3ccccn3)C2c2ccco2)cc1. The summed E-state index contributed by atoms with van der Waals surface area (Å²) in [7, 11) is 0. The van der Waals surface area contributed by atoms with E-state index < -0.39 is 17.7 Å². The molecule has 152 valence electrons. The van der Waals surface area contributed by atoms with Crippen LogP contribution in [0.5, 0.6) is 5.75 Å². The van der Waals surface area contributed by atoms with Crippen molar-refractivity contribution < 1.29 is 23.8 Å². The Hall–Kier alpha value is -3.87. The molecule has 1 atom stereocenters. The molecule has 1 unspecified atom stereocenters. The molecule has 0 radical (unpaired) electrons. The van der Waals surface area contributed by atoms with Crippen LogP contribution in [0.2, 0.25) is 0 Å². The average molecular weight is 404 g/mol. The minimum Gasteiger partial charge on any atom is -0.507 e. The number of pyridine rings is 1. The standard InChI is InChI=1S/C23H20N2O5/c1-14(2)30-16-10-8-15(9-11-16)21(26)19-20(17-6-5-13-29-17)25(23(28)22(19)27)18-7-3-4-12-24-18/h3-14,20,26H,1-2H3/b21-19-. The van der Waals surface area contributed by atoms with Crippen molar-refractivity contribution in [3.05, 3.63) is 84.0 Å². The van der Waals surface area contributed by atoms with E-state index in [2.05, 4.69) is 4.98 Å². The number of carbonyl (C=O) groups excluding carboxylic acids is 2. The number of ketones is 1. The highest BCUT2D eigenvalue weighted by Crippen LogP contribution is 2.41. The first-order valence-corrected chi connectivity index (χ1v) is 9.50. The van der Waals surface area contributed by atoms with Gasteiger partial charge in [0.25, 0.3) is 5.78 Å². The Labute approximate surface area is 173 Å². The van der Waals surface area contributed by atoms with Crippen LogP contribution in [-0.4, -0.2) is 27.9 Å². The predicted molar refractivity (Wildman–Crippen MR) is 110 cm³/mol. The van der Waals surface area contributed by atoms with Gasteiger partial charge in [-0.2, -0.15) is 0 Å². The molecule has 3 heterocycles. The van der Waals surface area contributed by atoms with Gasteiger partial charge in [-0.3, -0.25) is 14.5 Å². The maximum Gasteiger partial charge on any atom is 0.301 e. The number of furan rings is 1. The van der Waals surface area contributed by atoms with Crippen molar-refractivity contribution in [2.45, 2.75) is 26.0 Å². The Morgan fingerprint density at radius 3 is 2.47 bits per heavy atom. The third-order valence-electron chi connectivity index (χ3n) is 4.65. The number of aliphatic hydroxyl groups excluding tert-OH is 1. The quantitative estimate of drug-likeness (QED) is 0.391. The van der Waals surface area contributed by atoms with Crippen molar-refractivity contribution in [2.24, 2.45) is 0 Å². The minimum atomic E-state index is -0.929. The molecule has 2 aromatic heterocycles. The van der Waals surface area contributed by atoms with E-state index in [1.807, 2.05) is 13.8 Å². The van der Waals surface area contributed by atoms with Crippen LogP contribution in [0.15, 0.2) is 77.0 Å². The summed E-state index contributed by atoms with van der Waals surface area (Å²) in [6.07, 6.45) is 2.99. The van der Waals surface area contributed by atoms with Gasteiger partial charge in [-0.25, -0.2) is 4.98 Å². The molecule has 0 spiro atoms. The van der Waals surface area contributed by atoms with E-state index in [1.165, 1.54) is 17.4 Å². The number of anilines is 1. The zero-order valence-electron chi connectivity index (χ0n) is 16.5. The summed E-state index contributed by atoms with van der Waals surface area (Å²) in [6.45, 7) is 3.83. The van der Waals surface area contributed by atoms with Gasteiger partial charge in [-0.15, -0.1) is 0 Å². The van der Waals surface area contributed by atoms with E-state index in [4.69, 9.17) is 9.15 Å². The first-order valence-electron chi connectivity index (χ1n) is 9.50. The first kappa shape index (κ1) is 19.4. The van der Waals surface area contributed by atoms with Crippen LogP contribution in [0.3, 0.4) is 0 Å². The molecule has 1 amide bonds. The van der Waals surface area contributed by atoms with Crippen molar-refractivity contribution in [3.8, 4) is 5.75 Å². The Bertz CT molecular complexity index is 1090. The summed E-state index contributed by atoms with van der Waals surface area (Å²) < 4.78 is 11.1. The van der Waals surface area contributed by atoms with Crippen LogP contribution in [0.1, 0.15) is 31.2 Å². The molecule has 7 nitrogen and oxygen atoms in total. The Morgan fingerprint density at radius 1 is 1.10 bits per heavy atom. The Balaban J connectivity index is 1.82. The number of hydrogen-bond acceptors (Lipinski definition) is 6. The summed E-state index contributed by atoms with van der Waals surface area (Å²) in [4.78, 5) is 31.2. The molecule has 0 aliphatic carbocycles. The highest BCUT2D eigenvalue weighted by molar-refractivity contribution is 6.51. The molecule has 3 aromatic rings. The van der Waals surface area contributed by atoms with Gasteiger partial charge < -0.3 is 14.3 Å². The van der Waals surface area contributed by atoms with Crippen molar-refractivity contribution in [1.82, 2.24) is 4.98 Å². The van der Waals surface area contributed by atoms with Gasteiger partial charge >= 0.3 is 5.91 Å². The fraction of sp³-hybridized carbons (Fsp3) is 0.174. The maximum absolute atomic E-state index is 12.9. The zero-order valence-corrected chi connectivity index (χ0v) is 16.5. The molecule has 30 heavy (non-hydrogen) atoms. The number of Topliss-reactive ketones (excluding diaryl/α,β-unsaturated/α-hetero) is 1. The third kappa shape index (κ3) is 3.45.